The molecule has 24 heavy (non-hydrogen) atoms. The standard InChI is InChI=1S/C18H29NO4S/c1-5-8-9-14-12-24(20,21)18-11-17(23-7-3)16(22-6-2)10-15(18)13(4)19-14/h10-11,13-14,19H,5-9,12H2,1-4H3. The number of nitrogens with one attached hydrogen (secondary N) is 1. The molecule has 0 spiro atoms. The molecule has 1 aliphatic rings. The summed E-state index contributed by atoms with van der Waals surface area (Å²) in [7, 11) is -3.36. The minimum absolute atomic E-state index is 0.0246. The quantitative estimate of drug-likeness (QED) is 0.811. The van der Waals surface area contributed by atoms with Crippen molar-refractivity contribution in [3.8, 4) is 11.5 Å². The molecule has 1 aromatic rings. The molecular weight excluding hydrogens is 326 g/mol. The number of rotatable bonds is 7. The Morgan fingerprint density at radius 3 is 2.33 bits per heavy atom. The second kappa shape index (κ2) is 8.21. The van der Waals surface area contributed by atoms with Crippen molar-refractivity contribution in [1.29, 1.82) is 0 Å². The lowest BCUT2D eigenvalue weighted by atomic mass is 10.0. The monoisotopic (exact) mass is 355 g/mol. The minimum atomic E-state index is -3.36. The van der Waals surface area contributed by atoms with Crippen LogP contribution in [0.4, 0.5) is 0 Å². The van der Waals surface area contributed by atoms with E-state index < -0.39 is 9.84 Å². The SMILES string of the molecule is CCCCC1CS(=O)(=O)c2cc(OCC)c(OCC)cc2C(C)N1. The summed E-state index contributed by atoms with van der Waals surface area (Å²) in [5.74, 6) is 1.24. The van der Waals surface area contributed by atoms with Crippen LogP contribution in [0.25, 0.3) is 0 Å². The van der Waals surface area contributed by atoms with Gasteiger partial charge in [-0.05, 0) is 38.8 Å². The average molecular weight is 356 g/mol. The predicted octanol–water partition coefficient (Wildman–Crippen LogP) is 3.48. The van der Waals surface area contributed by atoms with Gasteiger partial charge in [0.2, 0.25) is 0 Å². The van der Waals surface area contributed by atoms with Gasteiger partial charge in [0.25, 0.3) is 0 Å². The van der Waals surface area contributed by atoms with Crippen molar-refractivity contribution < 1.29 is 17.9 Å². The van der Waals surface area contributed by atoms with Gasteiger partial charge in [0.15, 0.2) is 21.3 Å². The zero-order valence-electron chi connectivity index (χ0n) is 15.1. The Morgan fingerprint density at radius 2 is 1.75 bits per heavy atom. The maximum absolute atomic E-state index is 12.9. The number of hydrogen-bond acceptors (Lipinski definition) is 5. The van der Waals surface area contributed by atoms with Gasteiger partial charge in [-0.25, -0.2) is 8.42 Å². The Balaban J connectivity index is 2.48. The van der Waals surface area contributed by atoms with E-state index in [4.69, 9.17) is 9.47 Å². The highest BCUT2D eigenvalue weighted by molar-refractivity contribution is 7.91. The van der Waals surface area contributed by atoms with E-state index in [-0.39, 0.29) is 17.8 Å². The van der Waals surface area contributed by atoms with E-state index in [1.165, 1.54) is 0 Å². The summed E-state index contributed by atoms with van der Waals surface area (Å²) in [6, 6.07) is 3.39. The van der Waals surface area contributed by atoms with Gasteiger partial charge < -0.3 is 14.8 Å². The summed E-state index contributed by atoms with van der Waals surface area (Å²) in [6.45, 7) is 8.88. The molecule has 0 fully saturated rings. The molecule has 2 rings (SSSR count). The van der Waals surface area contributed by atoms with Gasteiger partial charge in [-0.3, -0.25) is 0 Å². The highest BCUT2D eigenvalue weighted by Crippen LogP contribution is 2.38. The van der Waals surface area contributed by atoms with Crippen LogP contribution in [0, 0.1) is 0 Å². The van der Waals surface area contributed by atoms with Crippen molar-refractivity contribution in [3.63, 3.8) is 0 Å². The summed E-state index contributed by atoms with van der Waals surface area (Å²) in [5.41, 5.74) is 0.765. The van der Waals surface area contributed by atoms with Crippen LogP contribution >= 0.6 is 0 Å². The Labute approximate surface area is 145 Å². The summed E-state index contributed by atoms with van der Waals surface area (Å²) >= 11 is 0. The maximum atomic E-state index is 12.9. The lowest BCUT2D eigenvalue weighted by molar-refractivity contribution is 0.286. The van der Waals surface area contributed by atoms with E-state index in [1.54, 1.807) is 6.07 Å². The van der Waals surface area contributed by atoms with Gasteiger partial charge >= 0.3 is 0 Å². The molecule has 0 amide bonds. The zero-order chi connectivity index (χ0) is 17.7. The fourth-order valence-electron chi connectivity index (χ4n) is 3.16. The normalized spacial score (nSPS) is 22.5. The van der Waals surface area contributed by atoms with Crippen LogP contribution in [-0.2, 0) is 9.84 Å². The van der Waals surface area contributed by atoms with E-state index in [0.29, 0.717) is 29.6 Å². The summed E-state index contributed by atoms with van der Waals surface area (Å²) in [4.78, 5) is 0.369. The van der Waals surface area contributed by atoms with Crippen LogP contribution in [0.5, 0.6) is 11.5 Å². The molecule has 1 aliphatic heterocycles. The highest BCUT2D eigenvalue weighted by Gasteiger charge is 2.32. The highest BCUT2D eigenvalue weighted by atomic mass is 32.2. The molecule has 0 saturated carbocycles. The van der Waals surface area contributed by atoms with Crippen LogP contribution in [0.2, 0.25) is 0 Å². The summed E-state index contributed by atoms with van der Waals surface area (Å²) in [5, 5.41) is 3.47. The minimum Gasteiger partial charge on any atom is -0.490 e. The number of benzene rings is 1. The van der Waals surface area contributed by atoms with E-state index >= 15 is 0 Å². The molecule has 0 radical (unpaired) electrons. The Morgan fingerprint density at radius 1 is 1.12 bits per heavy atom. The molecule has 0 bridgehead atoms. The largest absolute Gasteiger partial charge is 0.490 e. The van der Waals surface area contributed by atoms with Crippen LogP contribution in [-0.4, -0.2) is 33.4 Å². The fourth-order valence-corrected chi connectivity index (χ4v) is 5.02. The first kappa shape index (κ1) is 19.1. The second-order valence-electron chi connectivity index (χ2n) is 6.21. The predicted molar refractivity (Wildman–Crippen MR) is 95.7 cm³/mol. The lowest BCUT2D eigenvalue weighted by Gasteiger charge is -2.20. The van der Waals surface area contributed by atoms with E-state index in [1.807, 2.05) is 26.8 Å². The molecule has 2 atom stereocenters. The number of unbranched alkanes of at least 4 members (excludes halogenated alkanes) is 1. The van der Waals surface area contributed by atoms with Gasteiger partial charge in [-0.2, -0.15) is 0 Å². The first-order valence-corrected chi connectivity index (χ1v) is 10.5. The zero-order valence-corrected chi connectivity index (χ0v) is 15.9. The molecule has 1 heterocycles. The molecule has 136 valence electrons. The molecule has 0 saturated heterocycles. The first-order chi connectivity index (χ1) is 11.4. The van der Waals surface area contributed by atoms with Crippen molar-refractivity contribution in [3.05, 3.63) is 17.7 Å². The van der Waals surface area contributed by atoms with Gasteiger partial charge in [-0.1, -0.05) is 19.8 Å². The molecule has 5 nitrogen and oxygen atoms in total. The third-order valence-electron chi connectivity index (χ3n) is 4.29. The van der Waals surface area contributed by atoms with E-state index in [9.17, 15) is 8.42 Å². The first-order valence-electron chi connectivity index (χ1n) is 8.85. The van der Waals surface area contributed by atoms with Gasteiger partial charge in [0.1, 0.15) is 0 Å². The Hall–Kier alpha value is -1.27. The number of hydrogen-bond donors (Lipinski definition) is 1. The molecule has 2 unspecified atom stereocenters. The molecule has 0 aliphatic carbocycles. The molecule has 1 aromatic carbocycles. The molecular formula is C18H29NO4S. The van der Waals surface area contributed by atoms with Crippen molar-refractivity contribution in [1.82, 2.24) is 5.32 Å². The smallest absolute Gasteiger partial charge is 0.180 e. The van der Waals surface area contributed by atoms with Gasteiger partial charge in [0, 0.05) is 18.2 Å². The van der Waals surface area contributed by atoms with Crippen molar-refractivity contribution in [2.75, 3.05) is 19.0 Å². The van der Waals surface area contributed by atoms with Crippen LogP contribution in [0.1, 0.15) is 58.6 Å². The van der Waals surface area contributed by atoms with Crippen LogP contribution in [0.3, 0.4) is 0 Å². The van der Waals surface area contributed by atoms with Gasteiger partial charge in [-0.15, -0.1) is 0 Å². The maximum Gasteiger partial charge on any atom is 0.180 e. The number of sulfone groups is 1. The molecule has 0 aromatic heterocycles. The van der Waals surface area contributed by atoms with Gasteiger partial charge in [0.05, 0.1) is 23.9 Å². The third kappa shape index (κ3) is 4.22. The van der Waals surface area contributed by atoms with Crippen LogP contribution in [0.15, 0.2) is 17.0 Å². The summed E-state index contributed by atoms with van der Waals surface area (Å²) < 4.78 is 37.1. The molecule has 1 N–H and O–H groups in total. The lowest BCUT2D eigenvalue weighted by Crippen LogP contribution is -2.34. The van der Waals surface area contributed by atoms with Crippen molar-refractivity contribution in [2.24, 2.45) is 0 Å². The summed E-state index contributed by atoms with van der Waals surface area (Å²) in [6.07, 6.45) is 2.94. The average Bonchev–Trinajstić information content (AvgIpc) is 2.61. The van der Waals surface area contributed by atoms with Crippen molar-refractivity contribution >= 4 is 9.84 Å². The third-order valence-corrected chi connectivity index (χ3v) is 6.15. The molecule has 6 heteroatoms. The number of fused-ring (bicyclic) bond motifs is 1. The fraction of sp³-hybridized carbons (Fsp3) is 0.667. The topological polar surface area (TPSA) is 64.6 Å². The van der Waals surface area contributed by atoms with E-state index in [2.05, 4.69) is 12.2 Å². The Bertz CT molecular complexity index is 657. The van der Waals surface area contributed by atoms with E-state index in [0.717, 1.165) is 24.8 Å². The number of ether oxygens (including phenoxy) is 2. The Kier molecular flexibility index (Phi) is 6.52. The second-order valence-corrected chi connectivity index (χ2v) is 8.21. The van der Waals surface area contributed by atoms with Crippen molar-refractivity contribution in [2.45, 2.75) is 63.9 Å². The van der Waals surface area contributed by atoms with Crippen LogP contribution < -0.4 is 14.8 Å².